The molecule has 1 aliphatic rings. The lowest BCUT2D eigenvalue weighted by molar-refractivity contribution is -0.120. The van der Waals surface area contributed by atoms with Gasteiger partial charge in [0.2, 0.25) is 5.91 Å². The molecule has 1 N–H and O–H groups in total. The molecule has 0 radical (unpaired) electrons. The summed E-state index contributed by atoms with van der Waals surface area (Å²) in [6, 6.07) is 17.4. The van der Waals surface area contributed by atoms with Gasteiger partial charge in [-0.15, -0.1) is 0 Å². The molecule has 0 heterocycles. The van der Waals surface area contributed by atoms with Crippen molar-refractivity contribution in [3.8, 4) is 11.5 Å². The summed E-state index contributed by atoms with van der Waals surface area (Å²) >= 11 is 0. The lowest BCUT2D eigenvalue weighted by atomic mass is 10.0. The van der Waals surface area contributed by atoms with E-state index in [9.17, 15) is 13.4 Å². The number of carbonyl (C=O) groups excluding carboxylic acids is 1. The molecule has 3 aromatic rings. The monoisotopic (exact) mass is 518 g/mol. The summed E-state index contributed by atoms with van der Waals surface area (Å²) in [7, 11) is 2.02. The third kappa shape index (κ3) is 5.70. The van der Waals surface area contributed by atoms with Crippen molar-refractivity contribution in [2.75, 3.05) is 20.5 Å². The van der Waals surface area contributed by atoms with Crippen LogP contribution in [-0.4, -0.2) is 36.8 Å². The summed E-state index contributed by atoms with van der Waals surface area (Å²) in [5.41, 5.74) is 8.19. The highest BCUT2D eigenvalue weighted by Gasteiger charge is 2.25. The fourth-order valence-corrected chi connectivity index (χ4v) is 4.81. The van der Waals surface area contributed by atoms with Gasteiger partial charge in [0.1, 0.15) is 5.82 Å². The molecule has 0 spiro atoms. The maximum Gasteiger partial charge on any atom is 0.244 e. The number of para-hydroxylation sites is 1. The van der Waals surface area contributed by atoms with Crippen molar-refractivity contribution in [3.63, 3.8) is 0 Å². The Morgan fingerprint density at radius 2 is 1.81 bits per heavy atom. The van der Waals surface area contributed by atoms with E-state index in [1.807, 2.05) is 37.3 Å². The summed E-state index contributed by atoms with van der Waals surface area (Å²) in [4.78, 5) is 13.6. The molecule has 0 saturated heterocycles. The van der Waals surface area contributed by atoms with Crippen molar-refractivity contribution in [1.29, 1.82) is 0 Å². The van der Waals surface area contributed by atoms with Crippen LogP contribution in [0.5, 0.6) is 11.5 Å². The SMILES string of the molecule is COc1cccc(/C=N\NC(=O)CC2=C(C)/C(=C/c3ccc(S(C)=O)cc3)c3ccc(F)cc32)c1OC. The maximum absolute atomic E-state index is 14.2. The van der Waals surface area contributed by atoms with Gasteiger partial charge in [-0.05, 0) is 82.8 Å². The Kier molecular flexibility index (Phi) is 7.98. The summed E-state index contributed by atoms with van der Waals surface area (Å²) in [5.74, 6) is 0.358. The first-order valence-corrected chi connectivity index (χ1v) is 13.1. The molecule has 0 bridgehead atoms. The van der Waals surface area contributed by atoms with Gasteiger partial charge in [-0.3, -0.25) is 9.00 Å². The van der Waals surface area contributed by atoms with E-state index in [1.54, 1.807) is 37.6 Å². The third-order valence-corrected chi connectivity index (χ3v) is 7.08. The number of hydrazone groups is 1. The van der Waals surface area contributed by atoms with Crippen LogP contribution in [0.25, 0.3) is 17.2 Å². The maximum atomic E-state index is 14.2. The number of halogens is 1. The normalized spacial score (nSPS) is 14.7. The number of amides is 1. The zero-order valence-electron chi connectivity index (χ0n) is 21.0. The number of carbonyl (C=O) groups is 1. The largest absolute Gasteiger partial charge is 0.493 e. The minimum atomic E-state index is -1.06. The van der Waals surface area contributed by atoms with Crippen LogP contribution in [0.15, 0.2) is 76.2 Å². The topological polar surface area (TPSA) is 77.0 Å². The predicted octanol–water partition coefficient (Wildman–Crippen LogP) is 5.45. The molecule has 190 valence electrons. The summed E-state index contributed by atoms with van der Waals surface area (Å²) in [5, 5.41) is 4.08. The molecule has 0 saturated carbocycles. The molecule has 0 aromatic heterocycles. The minimum absolute atomic E-state index is 0.0277. The molecule has 0 aliphatic heterocycles. The molecule has 3 aromatic carbocycles. The predicted molar refractivity (Wildman–Crippen MR) is 146 cm³/mol. The van der Waals surface area contributed by atoms with Crippen LogP contribution in [-0.2, 0) is 15.6 Å². The number of nitrogens with one attached hydrogen (secondary N) is 1. The summed E-state index contributed by atoms with van der Waals surface area (Å²) < 4.78 is 36.6. The molecule has 37 heavy (non-hydrogen) atoms. The van der Waals surface area contributed by atoms with E-state index in [0.717, 1.165) is 32.7 Å². The molecular formula is C29H27FN2O4S. The number of allylic oxidation sites excluding steroid dienone is 2. The van der Waals surface area contributed by atoms with E-state index in [-0.39, 0.29) is 18.1 Å². The summed E-state index contributed by atoms with van der Waals surface area (Å²) in [6.45, 7) is 1.92. The second-order valence-electron chi connectivity index (χ2n) is 8.43. The number of rotatable bonds is 8. The van der Waals surface area contributed by atoms with Gasteiger partial charge in [-0.25, -0.2) is 9.82 Å². The van der Waals surface area contributed by atoms with Gasteiger partial charge < -0.3 is 9.47 Å². The van der Waals surface area contributed by atoms with Gasteiger partial charge in [0.25, 0.3) is 0 Å². The molecule has 0 fully saturated rings. The van der Waals surface area contributed by atoms with Crippen molar-refractivity contribution in [2.45, 2.75) is 18.2 Å². The van der Waals surface area contributed by atoms with Crippen LogP contribution in [0.3, 0.4) is 0 Å². The Hall–Kier alpha value is -4.04. The van der Waals surface area contributed by atoms with E-state index >= 15 is 0 Å². The highest BCUT2D eigenvalue weighted by Crippen LogP contribution is 2.43. The van der Waals surface area contributed by atoms with E-state index in [1.165, 1.54) is 25.5 Å². The molecule has 4 rings (SSSR count). The standard InChI is InChI=1S/C29H27FN2O4S/c1-18-24(14-19-8-11-22(12-9-19)37(4)34)23-13-10-21(30)15-26(23)25(18)16-28(33)32-31-17-20-6-5-7-27(35-2)29(20)36-3/h5-15,17H,16H2,1-4H3,(H,32,33)/b24-14-,31-17-. The van der Waals surface area contributed by atoms with Crippen molar-refractivity contribution in [2.24, 2.45) is 5.10 Å². The molecule has 1 aliphatic carbocycles. The van der Waals surface area contributed by atoms with Crippen molar-refractivity contribution >= 4 is 40.1 Å². The molecule has 1 atom stereocenters. The van der Waals surface area contributed by atoms with Crippen LogP contribution in [0.2, 0.25) is 0 Å². The second kappa shape index (κ2) is 11.3. The Bertz CT molecular complexity index is 1460. The lowest BCUT2D eigenvalue weighted by Crippen LogP contribution is -2.17. The number of hydrogen-bond donors (Lipinski definition) is 1. The van der Waals surface area contributed by atoms with Crippen LogP contribution in [0.1, 0.15) is 35.6 Å². The zero-order chi connectivity index (χ0) is 26.5. The first-order chi connectivity index (χ1) is 17.8. The minimum Gasteiger partial charge on any atom is -0.493 e. The summed E-state index contributed by atoms with van der Waals surface area (Å²) in [6.07, 6.45) is 5.14. The Morgan fingerprint density at radius 1 is 1.05 bits per heavy atom. The van der Waals surface area contributed by atoms with Gasteiger partial charge in [0.15, 0.2) is 11.5 Å². The molecule has 1 amide bonds. The highest BCUT2D eigenvalue weighted by molar-refractivity contribution is 7.84. The van der Waals surface area contributed by atoms with Crippen LogP contribution >= 0.6 is 0 Å². The Balaban J connectivity index is 1.58. The third-order valence-electron chi connectivity index (χ3n) is 6.14. The van der Waals surface area contributed by atoms with E-state index < -0.39 is 10.8 Å². The van der Waals surface area contributed by atoms with Gasteiger partial charge in [0, 0.05) is 27.5 Å². The average molecular weight is 519 g/mol. The van der Waals surface area contributed by atoms with Gasteiger partial charge in [0.05, 0.1) is 26.9 Å². The quantitative estimate of drug-likeness (QED) is 0.318. The first kappa shape index (κ1) is 26.0. The van der Waals surface area contributed by atoms with Crippen molar-refractivity contribution < 1.29 is 22.9 Å². The van der Waals surface area contributed by atoms with Crippen molar-refractivity contribution in [3.05, 3.63) is 94.3 Å². The number of benzene rings is 3. The fourth-order valence-electron chi connectivity index (χ4n) is 4.29. The van der Waals surface area contributed by atoms with E-state index in [2.05, 4.69) is 10.5 Å². The van der Waals surface area contributed by atoms with Crippen molar-refractivity contribution in [1.82, 2.24) is 5.43 Å². The van der Waals surface area contributed by atoms with Gasteiger partial charge in [-0.2, -0.15) is 5.10 Å². The molecule has 1 unspecified atom stereocenters. The fraction of sp³-hybridized carbons (Fsp3) is 0.172. The number of methoxy groups -OCH3 is 2. The van der Waals surface area contributed by atoms with Crippen LogP contribution < -0.4 is 14.9 Å². The lowest BCUT2D eigenvalue weighted by Gasteiger charge is -2.09. The highest BCUT2D eigenvalue weighted by atomic mass is 32.2. The van der Waals surface area contributed by atoms with Gasteiger partial charge in [-0.1, -0.05) is 24.3 Å². The Morgan fingerprint density at radius 3 is 2.49 bits per heavy atom. The Labute approximate surface area is 218 Å². The average Bonchev–Trinajstić information content (AvgIpc) is 3.13. The molecule has 6 nitrogen and oxygen atoms in total. The van der Waals surface area contributed by atoms with E-state index in [0.29, 0.717) is 22.6 Å². The number of fused-ring (bicyclic) bond motifs is 1. The first-order valence-electron chi connectivity index (χ1n) is 11.5. The molecule has 8 heteroatoms. The number of nitrogens with zero attached hydrogens (tertiary/aromatic N) is 1. The van der Waals surface area contributed by atoms with Crippen LogP contribution in [0.4, 0.5) is 4.39 Å². The van der Waals surface area contributed by atoms with Crippen LogP contribution in [0, 0.1) is 5.82 Å². The second-order valence-corrected chi connectivity index (χ2v) is 9.81. The number of hydrogen-bond acceptors (Lipinski definition) is 5. The molecular weight excluding hydrogens is 491 g/mol. The smallest absolute Gasteiger partial charge is 0.244 e. The number of ether oxygens (including phenoxy) is 2. The van der Waals surface area contributed by atoms with E-state index in [4.69, 9.17) is 9.47 Å². The zero-order valence-corrected chi connectivity index (χ0v) is 21.8. The van der Waals surface area contributed by atoms with Gasteiger partial charge >= 0.3 is 0 Å².